The Hall–Kier alpha value is -5.16. The maximum Gasteiger partial charge on any atom is 0.408 e. The van der Waals surface area contributed by atoms with E-state index < -0.39 is 24.1 Å². The summed E-state index contributed by atoms with van der Waals surface area (Å²) in [5.41, 5.74) is 5.92. The molecule has 0 aliphatic carbocycles. The minimum atomic E-state index is -1.10. The molecule has 47 heavy (non-hydrogen) atoms. The van der Waals surface area contributed by atoms with Crippen molar-refractivity contribution >= 4 is 28.7 Å². The average Bonchev–Trinajstić information content (AvgIpc) is 3.46. The highest BCUT2D eigenvalue weighted by molar-refractivity contribution is 5.92. The van der Waals surface area contributed by atoms with Crippen LogP contribution in [0.2, 0.25) is 0 Å². The lowest BCUT2D eigenvalue weighted by Gasteiger charge is -2.37. The molecule has 3 heterocycles. The summed E-state index contributed by atoms with van der Waals surface area (Å²) in [7, 11) is 0. The fourth-order valence-electron chi connectivity index (χ4n) is 6.10. The molecule has 0 saturated carbocycles. The van der Waals surface area contributed by atoms with Crippen LogP contribution in [0.5, 0.6) is 0 Å². The highest BCUT2D eigenvalue weighted by Gasteiger charge is 2.35. The SMILES string of the molecule is Cc1cc2nc(C3COC(CCc4c(F)cncc4NC(=O)C[C@H](c4ccccc4)c4ccc(F)cc4)CN3C(=O)O)[nH]c2cc1C. The van der Waals surface area contributed by atoms with Gasteiger partial charge in [-0.25, -0.2) is 18.6 Å². The normalized spacial score (nSPS) is 17.1. The van der Waals surface area contributed by atoms with Gasteiger partial charge in [0.05, 0.1) is 48.4 Å². The Bertz CT molecular complexity index is 1860. The fourth-order valence-corrected chi connectivity index (χ4v) is 6.10. The van der Waals surface area contributed by atoms with Crippen LogP contribution in [0.15, 0.2) is 79.1 Å². The number of morpholine rings is 1. The van der Waals surface area contributed by atoms with E-state index in [0.717, 1.165) is 39.5 Å². The van der Waals surface area contributed by atoms with Gasteiger partial charge >= 0.3 is 6.09 Å². The molecule has 3 N–H and O–H groups in total. The molecule has 1 saturated heterocycles. The Labute approximate surface area is 270 Å². The maximum absolute atomic E-state index is 15.1. The highest BCUT2D eigenvalue weighted by Crippen LogP contribution is 2.31. The van der Waals surface area contributed by atoms with E-state index in [0.29, 0.717) is 12.2 Å². The van der Waals surface area contributed by atoms with Gasteiger partial charge in [-0.05, 0) is 73.2 Å². The zero-order chi connectivity index (χ0) is 33.1. The van der Waals surface area contributed by atoms with Gasteiger partial charge in [-0.3, -0.25) is 14.7 Å². The summed E-state index contributed by atoms with van der Waals surface area (Å²) < 4.78 is 34.9. The number of aromatic amines is 1. The minimum Gasteiger partial charge on any atom is -0.465 e. The number of ether oxygens (including phenoxy) is 1. The number of nitrogens with zero attached hydrogens (tertiary/aromatic N) is 3. The molecule has 1 aliphatic heterocycles. The first-order valence-corrected chi connectivity index (χ1v) is 15.5. The Morgan fingerprint density at radius 2 is 1.77 bits per heavy atom. The molecule has 6 rings (SSSR count). The summed E-state index contributed by atoms with van der Waals surface area (Å²) in [6.07, 6.45) is 1.40. The van der Waals surface area contributed by atoms with Crippen molar-refractivity contribution in [2.75, 3.05) is 18.5 Å². The molecule has 2 amide bonds. The minimum absolute atomic E-state index is 0.0349. The first-order valence-electron chi connectivity index (χ1n) is 15.5. The number of carbonyl (C=O) groups is 2. The third-order valence-electron chi connectivity index (χ3n) is 8.80. The monoisotopic (exact) mass is 639 g/mol. The van der Waals surface area contributed by atoms with Crippen molar-refractivity contribution in [3.8, 4) is 0 Å². The van der Waals surface area contributed by atoms with E-state index in [4.69, 9.17) is 4.74 Å². The van der Waals surface area contributed by atoms with Crippen LogP contribution in [-0.2, 0) is 16.0 Å². The van der Waals surface area contributed by atoms with Gasteiger partial charge in [0.15, 0.2) is 0 Å². The number of halogens is 2. The Kier molecular flexibility index (Phi) is 9.26. The number of carbonyl (C=O) groups excluding carboxylic acids is 1. The summed E-state index contributed by atoms with van der Waals surface area (Å²) >= 11 is 0. The molecule has 2 aromatic heterocycles. The number of aryl methyl sites for hydroxylation is 2. The van der Waals surface area contributed by atoms with Crippen LogP contribution in [0, 0.1) is 25.5 Å². The second-order valence-electron chi connectivity index (χ2n) is 11.9. The molecule has 5 aromatic rings. The van der Waals surface area contributed by atoms with Crippen LogP contribution in [-0.4, -0.2) is 56.2 Å². The number of fused-ring (bicyclic) bond motifs is 1. The summed E-state index contributed by atoms with van der Waals surface area (Å²) in [6.45, 7) is 4.16. The number of carboxylic acid groups (broad SMARTS) is 1. The van der Waals surface area contributed by atoms with Gasteiger partial charge in [0, 0.05) is 17.9 Å². The van der Waals surface area contributed by atoms with Crippen LogP contribution in [0.3, 0.4) is 0 Å². The molecule has 242 valence electrons. The van der Waals surface area contributed by atoms with Crippen LogP contribution in [0.25, 0.3) is 11.0 Å². The van der Waals surface area contributed by atoms with E-state index in [1.54, 1.807) is 12.1 Å². The van der Waals surface area contributed by atoms with Crippen molar-refractivity contribution in [2.45, 2.75) is 51.2 Å². The van der Waals surface area contributed by atoms with Crippen molar-refractivity contribution in [1.82, 2.24) is 19.9 Å². The summed E-state index contributed by atoms with van der Waals surface area (Å²) in [5, 5.41) is 12.9. The van der Waals surface area contributed by atoms with Crippen molar-refractivity contribution in [3.05, 3.63) is 124 Å². The lowest BCUT2D eigenvalue weighted by atomic mass is 9.88. The van der Waals surface area contributed by atoms with Crippen molar-refractivity contribution < 1.29 is 28.2 Å². The molecule has 11 heteroatoms. The van der Waals surface area contributed by atoms with E-state index in [1.165, 1.54) is 23.2 Å². The summed E-state index contributed by atoms with van der Waals surface area (Å²) in [5.74, 6) is -1.17. The number of hydrogen-bond donors (Lipinski definition) is 3. The van der Waals surface area contributed by atoms with E-state index in [9.17, 15) is 19.1 Å². The van der Waals surface area contributed by atoms with Gasteiger partial charge in [0.25, 0.3) is 0 Å². The molecular weight excluding hydrogens is 604 g/mol. The van der Waals surface area contributed by atoms with Gasteiger partial charge < -0.3 is 20.1 Å². The standard InChI is InChI=1S/C36H35F2N5O4/c1-21-14-30-31(15-22(21)2)42-35(41-30)33-20-47-26(19-43(33)36(45)46)12-13-27-29(38)17-39-18-32(27)40-34(44)16-28(23-6-4-3-5-7-23)24-8-10-25(37)11-9-24/h3-11,14-15,17-18,26,28,33H,12-13,16,19-20H2,1-2H3,(H,40,44)(H,41,42)(H,45,46)/t26?,28-,33?/m1/s1. The first-order chi connectivity index (χ1) is 22.7. The number of rotatable bonds is 9. The smallest absolute Gasteiger partial charge is 0.408 e. The predicted octanol–water partition coefficient (Wildman–Crippen LogP) is 7.07. The summed E-state index contributed by atoms with van der Waals surface area (Å²) in [6, 6.07) is 18.8. The topological polar surface area (TPSA) is 120 Å². The molecule has 0 radical (unpaired) electrons. The van der Waals surface area contributed by atoms with Gasteiger partial charge in [0.2, 0.25) is 5.91 Å². The second-order valence-corrected chi connectivity index (χ2v) is 11.9. The Morgan fingerprint density at radius 1 is 1.04 bits per heavy atom. The zero-order valence-corrected chi connectivity index (χ0v) is 26.0. The number of imidazole rings is 1. The number of H-pyrrole nitrogens is 1. The van der Waals surface area contributed by atoms with Gasteiger partial charge in [-0.15, -0.1) is 0 Å². The number of nitrogens with one attached hydrogen (secondary N) is 2. The quantitative estimate of drug-likeness (QED) is 0.159. The number of hydrogen-bond acceptors (Lipinski definition) is 5. The molecule has 1 fully saturated rings. The molecule has 0 spiro atoms. The second kappa shape index (κ2) is 13.7. The molecule has 2 unspecified atom stereocenters. The third-order valence-corrected chi connectivity index (χ3v) is 8.80. The first kappa shape index (κ1) is 31.8. The lowest BCUT2D eigenvalue weighted by Crippen LogP contribution is -2.47. The largest absolute Gasteiger partial charge is 0.465 e. The lowest BCUT2D eigenvalue weighted by molar-refractivity contribution is -0.116. The molecule has 0 bridgehead atoms. The molecule has 9 nitrogen and oxygen atoms in total. The van der Waals surface area contributed by atoms with E-state index in [-0.39, 0.29) is 54.9 Å². The molecule has 3 aromatic carbocycles. The van der Waals surface area contributed by atoms with Crippen molar-refractivity contribution in [2.24, 2.45) is 0 Å². The van der Waals surface area contributed by atoms with Crippen molar-refractivity contribution in [1.29, 1.82) is 0 Å². The van der Waals surface area contributed by atoms with Crippen LogP contribution < -0.4 is 5.32 Å². The highest BCUT2D eigenvalue weighted by atomic mass is 19.1. The van der Waals surface area contributed by atoms with Gasteiger partial charge in [-0.1, -0.05) is 42.5 Å². The number of amides is 2. The number of anilines is 1. The van der Waals surface area contributed by atoms with Crippen LogP contribution in [0.1, 0.15) is 58.4 Å². The average molecular weight is 640 g/mol. The van der Waals surface area contributed by atoms with E-state index in [2.05, 4.69) is 20.3 Å². The molecular formula is C36H35F2N5O4. The number of aromatic nitrogens is 3. The van der Waals surface area contributed by atoms with Gasteiger partial charge in [-0.2, -0.15) is 0 Å². The van der Waals surface area contributed by atoms with Crippen molar-refractivity contribution in [3.63, 3.8) is 0 Å². The Morgan fingerprint density at radius 3 is 2.51 bits per heavy atom. The van der Waals surface area contributed by atoms with Crippen LogP contribution in [0.4, 0.5) is 19.3 Å². The van der Waals surface area contributed by atoms with Crippen LogP contribution >= 0.6 is 0 Å². The molecule has 1 aliphatic rings. The third kappa shape index (κ3) is 7.15. The molecule has 3 atom stereocenters. The van der Waals surface area contributed by atoms with E-state index in [1.807, 2.05) is 56.3 Å². The predicted molar refractivity (Wildman–Crippen MR) is 173 cm³/mol. The number of pyridine rings is 1. The Balaban J connectivity index is 1.14. The number of benzene rings is 3. The maximum atomic E-state index is 15.1. The fraction of sp³-hybridized carbons (Fsp3) is 0.278. The zero-order valence-electron chi connectivity index (χ0n) is 26.0. The summed E-state index contributed by atoms with van der Waals surface area (Å²) in [4.78, 5) is 38.8. The van der Waals surface area contributed by atoms with Gasteiger partial charge in [0.1, 0.15) is 23.5 Å². The van der Waals surface area contributed by atoms with E-state index >= 15 is 4.39 Å².